The number of hydrogen-bond acceptors (Lipinski definition) is 3. The standard InChI is InChI=1S/C20H27N3O2S/c24-17(22-18(14-10-11-14)13-6-2-1-3-7-13)9-5-4-8-16-19-15(12-26-16)21-20(25)23-19/h1-3,6-7,14-16,18-19H,4-5,8-12H2,(H,22,24)(H2,21,23,25)/t15-,16-,18+,19-/m0/s1. The highest BCUT2D eigenvalue weighted by molar-refractivity contribution is 8.00. The number of carbonyl (C=O) groups is 2. The fraction of sp³-hybridized carbons (Fsp3) is 0.600. The number of fused-ring (bicyclic) bond motifs is 1. The maximum Gasteiger partial charge on any atom is 0.315 e. The summed E-state index contributed by atoms with van der Waals surface area (Å²) in [5, 5.41) is 9.73. The van der Waals surface area contributed by atoms with E-state index in [0.717, 1.165) is 25.0 Å². The molecule has 0 aromatic heterocycles. The predicted molar refractivity (Wildman–Crippen MR) is 104 cm³/mol. The van der Waals surface area contributed by atoms with Crippen molar-refractivity contribution in [2.45, 2.75) is 61.9 Å². The summed E-state index contributed by atoms with van der Waals surface area (Å²) in [5.41, 5.74) is 1.22. The number of hydrogen-bond donors (Lipinski definition) is 3. The molecule has 0 radical (unpaired) electrons. The molecule has 3 aliphatic rings. The summed E-state index contributed by atoms with van der Waals surface area (Å²) in [7, 11) is 0. The number of amides is 3. The minimum Gasteiger partial charge on any atom is -0.349 e. The van der Waals surface area contributed by atoms with Crippen LogP contribution in [0, 0.1) is 5.92 Å². The second kappa shape index (κ2) is 7.91. The number of carbonyl (C=O) groups excluding carboxylic acids is 2. The first-order valence-corrected chi connectivity index (χ1v) is 10.8. The van der Waals surface area contributed by atoms with E-state index in [2.05, 4.69) is 28.1 Å². The maximum atomic E-state index is 12.4. The maximum absolute atomic E-state index is 12.4. The number of urea groups is 1. The number of benzene rings is 1. The van der Waals surface area contributed by atoms with Crippen molar-refractivity contribution in [3.63, 3.8) is 0 Å². The van der Waals surface area contributed by atoms with Crippen LogP contribution in [-0.2, 0) is 4.79 Å². The van der Waals surface area contributed by atoms with E-state index in [1.165, 1.54) is 18.4 Å². The minimum atomic E-state index is -0.0308. The molecule has 26 heavy (non-hydrogen) atoms. The van der Waals surface area contributed by atoms with Crippen molar-refractivity contribution >= 4 is 23.7 Å². The molecule has 140 valence electrons. The molecule has 2 heterocycles. The first-order chi connectivity index (χ1) is 12.7. The van der Waals surface area contributed by atoms with Gasteiger partial charge >= 0.3 is 6.03 Å². The van der Waals surface area contributed by atoms with Gasteiger partial charge in [0.25, 0.3) is 0 Å². The van der Waals surface area contributed by atoms with E-state index in [1.807, 2.05) is 30.0 Å². The fourth-order valence-corrected chi connectivity index (χ4v) is 5.63. The molecule has 4 atom stereocenters. The van der Waals surface area contributed by atoms with Crippen molar-refractivity contribution in [3.8, 4) is 0 Å². The van der Waals surface area contributed by atoms with Gasteiger partial charge in [-0.3, -0.25) is 4.79 Å². The summed E-state index contributed by atoms with van der Waals surface area (Å²) in [5.74, 6) is 1.76. The van der Waals surface area contributed by atoms with Gasteiger partial charge in [-0.1, -0.05) is 36.8 Å². The zero-order valence-electron chi connectivity index (χ0n) is 14.9. The Hall–Kier alpha value is -1.69. The summed E-state index contributed by atoms with van der Waals surface area (Å²) >= 11 is 1.94. The highest BCUT2D eigenvalue weighted by Crippen LogP contribution is 2.41. The van der Waals surface area contributed by atoms with E-state index in [1.54, 1.807) is 0 Å². The first-order valence-electron chi connectivity index (χ1n) is 9.73. The normalized spacial score (nSPS) is 28.2. The fourth-order valence-electron chi connectivity index (χ4n) is 4.08. The van der Waals surface area contributed by atoms with E-state index in [9.17, 15) is 9.59 Å². The van der Waals surface area contributed by atoms with Crippen LogP contribution in [0.5, 0.6) is 0 Å². The van der Waals surface area contributed by atoms with Gasteiger partial charge in [-0.05, 0) is 37.2 Å². The van der Waals surface area contributed by atoms with Crippen molar-refractivity contribution < 1.29 is 9.59 Å². The molecule has 6 heteroatoms. The van der Waals surface area contributed by atoms with Gasteiger partial charge < -0.3 is 16.0 Å². The number of nitrogens with one attached hydrogen (secondary N) is 3. The number of rotatable bonds is 8. The molecule has 3 amide bonds. The highest BCUT2D eigenvalue weighted by atomic mass is 32.2. The molecule has 1 aromatic rings. The summed E-state index contributed by atoms with van der Waals surface area (Å²) in [4.78, 5) is 23.8. The van der Waals surface area contributed by atoms with Crippen LogP contribution in [0.25, 0.3) is 0 Å². The molecule has 3 N–H and O–H groups in total. The predicted octanol–water partition coefficient (Wildman–Crippen LogP) is 2.98. The topological polar surface area (TPSA) is 70.2 Å². The van der Waals surface area contributed by atoms with Gasteiger partial charge in [0, 0.05) is 17.4 Å². The lowest BCUT2D eigenvalue weighted by Crippen LogP contribution is -2.36. The third-order valence-electron chi connectivity index (χ3n) is 5.65. The lowest BCUT2D eigenvalue weighted by atomic mass is 10.0. The van der Waals surface area contributed by atoms with Crippen LogP contribution in [0.15, 0.2) is 30.3 Å². The molecule has 0 spiro atoms. The van der Waals surface area contributed by atoms with Gasteiger partial charge in [0.15, 0.2) is 0 Å². The smallest absolute Gasteiger partial charge is 0.315 e. The average Bonchev–Trinajstić information content (AvgIpc) is 3.33. The van der Waals surface area contributed by atoms with Crippen LogP contribution in [-0.4, -0.2) is 35.0 Å². The molecule has 2 aliphatic heterocycles. The molecule has 1 saturated carbocycles. The van der Waals surface area contributed by atoms with Gasteiger partial charge in [0.1, 0.15) is 0 Å². The van der Waals surface area contributed by atoms with Crippen molar-refractivity contribution in [1.82, 2.24) is 16.0 Å². The zero-order chi connectivity index (χ0) is 17.9. The molecule has 3 fully saturated rings. The monoisotopic (exact) mass is 373 g/mol. The lowest BCUT2D eigenvalue weighted by molar-refractivity contribution is -0.122. The Bertz CT molecular complexity index is 650. The quantitative estimate of drug-likeness (QED) is 0.485. The zero-order valence-corrected chi connectivity index (χ0v) is 15.8. The first kappa shape index (κ1) is 17.7. The Morgan fingerprint density at radius 3 is 2.77 bits per heavy atom. The summed E-state index contributed by atoms with van der Waals surface area (Å²) in [6.45, 7) is 0. The van der Waals surface area contributed by atoms with E-state index >= 15 is 0 Å². The second-order valence-electron chi connectivity index (χ2n) is 7.66. The molecular formula is C20H27N3O2S. The summed E-state index contributed by atoms with van der Waals surface area (Å²) < 4.78 is 0. The van der Waals surface area contributed by atoms with Gasteiger partial charge in [-0.25, -0.2) is 4.79 Å². The molecule has 2 saturated heterocycles. The Morgan fingerprint density at radius 2 is 2.00 bits per heavy atom. The Balaban J connectivity index is 1.19. The van der Waals surface area contributed by atoms with Crippen LogP contribution < -0.4 is 16.0 Å². The van der Waals surface area contributed by atoms with Crippen molar-refractivity contribution in [2.24, 2.45) is 5.92 Å². The lowest BCUT2D eigenvalue weighted by Gasteiger charge is -2.19. The molecular weight excluding hydrogens is 346 g/mol. The molecule has 4 rings (SSSR count). The molecule has 0 bridgehead atoms. The van der Waals surface area contributed by atoms with Crippen LogP contribution in [0.3, 0.4) is 0 Å². The number of thioether (sulfide) groups is 1. The minimum absolute atomic E-state index is 0.0308. The third kappa shape index (κ3) is 4.17. The Kier molecular flexibility index (Phi) is 5.38. The van der Waals surface area contributed by atoms with Crippen LogP contribution in [0.2, 0.25) is 0 Å². The van der Waals surface area contributed by atoms with Gasteiger partial charge in [-0.15, -0.1) is 0 Å². The molecule has 1 aromatic carbocycles. The van der Waals surface area contributed by atoms with Crippen molar-refractivity contribution in [3.05, 3.63) is 35.9 Å². The largest absolute Gasteiger partial charge is 0.349 e. The van der Waals surface area contributed by atoms with E-state index in [0.29, 0.717) is 17.6 Å². The number of unbranched alkanes of at least 4 members (excludes halogenated alkanes) is 1. The summed E-state index contributed by atoms with van der Waals surface area (Å²) in [6, 6.07) is 11.0. The third-order valence-corrected chi connectivity index (χ3v) is 7.16. The Labute approximate surface area is 159 Å². The summed E-state index contributed by atoms with van der Waals surface area (Å²) in [6.07, 6.45) is 6.01. The van der Waals surface area contributed by atoms with Gasteiger partial charge in [-0.2, -0.15) is 11.8 Å². The van der Waals surface area contributed by atoms with Crippen LogP contribution >= 0.6 is 11.8 Å². The van der Waals surface area contributed by atoms with E-state index in [-0.39, 0.29) is 30.1 Å². The van der Waals surface area contributed by atoms with Gasteiger partial charge in [0.05, 0.1) is 18.1 Å². The molecule has 5 nitrogen and oxygen atoms in total. The van der Waals surface area contributed by atoms with Crippen molar-refractivity contribution in [1.29, 1.82) is 0 Å². The van der Waals surface area contributed by atoms with E-state index < -0.39 is 0 Å². The second-order valence-corrected chi connectivity index (χ2v) is 8.93. The molecule has 0 unspecified atom stereocenters. The van der Waals surface area contributed by atoms with Crippen LogP contribution in [0.1, 0.15) is 50.1 Å². The van der Waals surface area contributed by atoms with Crippen LogP contribution in [0.4, 0.5) is 4.79 Å². The Morgan fingerprint density at radius 1 is 1.19 bits per heavy atom. The SMILES string of the molecule is O=C(CCCC[C@@H]1SC[C@@H]2NC(=O)N[C@@H]21)N[C@H](c1ccccc1)C1CC1. The highest BCUT2D eigenvalue weighted by Gasteiger charge is 2.42. The molecule has 1 aliphatic carbocycles. The van der Waals surface area contributed by atoms with E-state index in [4.69, 9.17) is 0 Å². The van der Waals surface area contributed by atoms with Crippen molar-refractivity contribution in [2.75, 3.05) is 5.75 Å². The average molecular weight is 374 g/mol. The van der Waals surface area contributed by atoms with Gasteiger partial charge in [0.2, 0.25) is 5.91 Å².